The van der Waals surface area contributed by atoms with Gasteiger partial charge in [-0.2, -0.15) is 0 Å². The Bertz CT molecular complexity index is 486. The third kappa shape index (κ3) is 1.99. The van der Waals surface area contributed by atoms with Gasteiger partial charge < -0.3 is 14.6 Å². The highest BCUT2D eigenvalue weighted by Crippen LogP contribution is 2.22. The second kappa shape index (κ2) is 3.74. The van der Waals surface area contributed by atoms with E-state index in [0.717, 1.165) is 11.0 Å². The molecule has 0 amide bonds. The van der Waals surface area contributed by atoms with Crippen LogP contribution < -0.4 is 0 Å². The van der Waals surface area contributed by atoms with E-state index in [4.69, 9.17) is 9.52 Å². The Labute approximate surface area is 85.8 Å². The van der Waals surface area contributed by atoms with Crippen LogP contribution in [-0.4, -0.2) is 16.2 Å². The van der Waals surface area contributed by atoms with Crippen molar-refractivity contribution in [1.29, 1.82) is 0 Å². The summed E-state index contributed by atoms with van der Waals surface area (Å²) in [5.41, 5.74) is 1.31. The van der Waals surface area contributed by atoms with Gasteiger partial charge in [-0.25, -0.2) is 0 Å². The maximum atomic E-state index is 10.4. The van der Waals surface area contributed by atoms with Crippen molar-refractivity contribution in [3.05, 3.63) is 36.1 Å². The summed E-state index contributed by atoms with van der Waals surface area (Å²) in [5, 5.41) is 19.0. The molecular formula is C11H10O4. The summed E-state index contributed by atoms with van der Waals surface area (Å²) in [5.74, 6) is -1.02. The number of fused-ring (bicyclic) bond motifs is 1. The summed E-state index contributed by atoms with van der Waals surface area (Å²) in [7, 11) is 0. The van der Waals surface area contributed by atoms with E-state index in [1.54, 1.807) is 30.5 Å². The van der Waals surface area contributed by atoms with Crippen molar-refractivity contribution >= 4 is 16.9 Å². The molecule has 0 aliphatic rings. The number of hydrogen-bond acceptors (Lipinski definition) is 3. The third-order valence-corrected chi connectivity index (χ3v) is 2.23. The lowest BCUT2D eigenvalue weighted by molar-refractivity contribution is -0.139. The second-order valence-electron chi connectivity index (χ2n) is 3.33. The SMILES string of the molecule is O=C(O)CC(O)c1ccc2occc2c1. The normalized spacial score (nSPS) is 12.9. The first kappa shape index (κ1) is 9.73. The van der Waals surface area contributed by atoms with Crippen LogP contribution in [0.1, 0.15) is 18.1 Å². The Balaban J connectivity index is 2.30. The van der Waals surface area contributed by atoms with E-state index >= 15 is 0 Å². The molecule has 1 aromatic heterocycles. The van der Waals surface area contributed by atoms with Crippen molar-refractivity contribution in [2.24, 2.45) is 0 Å². The highest BCUT2D eigenvalue weighted by Gasteiger charge is 2.12. The summed E-state index contributed by atoms with van der Waals surface area (Å²) in [6, 6.07) is 6.88. The number of carbonyl (C=O) groups is 1. The predicted molar refractivity (Wildman–Crippen MR) is 53.4 cm³/mol. The van der Waals surface area contributed by atoms with Gasteiger partial charge in [-0.3, -0.25) is 4.79 Å². The first-order valence-electron chi connectivity index (χ1n) is 4.54. The molecule has 4 heteroatoms. The second-order valence-corrected chi connectivity index (χ2v) is 3.33. The monoisotopic (exact) mass is 206 g/mol. The summed E-state index contributed by atoms with van der Waals surface area (Å²) >= 11 is 0. The van der Waals surface area contributed by atoms with Gasteiger partial charge in [0.15, 0.2) is 0 Å². The molecule has 0 spiro atoms. The lowest BCUT2D eigenvalue weighted by atomic mass is 10.1. The fourth-order valence-corrected chi connectivity index (χ4v) is 1.48. The van der Waals surface area contributed by atoms with Crippen LogP contribution in [0.2, 0.25) is 0 Å². The predicted octanol–water partition coefficient (Wildman–Crippen LogP) is 1.94. The van der Waals surface area contributed by atoms with Crippen LogP contribution in [0.25, 0.3) is 11.0 Å². The number of hydrogen-bond donors (Lipinski definition) is 2. The summed E-state index contributed by atoms with van der Waals surface area (Å²) in [4.78, 5) is 10.4. The maximum Gasteiger partial charge on any atom is 0.306 e. The molecule has 2 N–H and O–H groups in total. The number of rotatable bonds is 3. The van der Waals surface area contributed by atoms with Gasteiger partial charge in [0.25, 0.3) is 0 Å². The van der Waals surface area contributed by atoms with Gasteiger partial charge in [0.1, 0.15) is 5.58 Å². The van der Waals surface area contributed by atoms with E-state index in [0.29, 0.717) is 5.56 Å². The van der Waals surface area contributed by atoms with Crippen molar-refractivity contribution in [2.75, 3.05) is 0 Å². The molecule has 15 heavy (non-hydrogen) atoms. The number of aliphatic hydroxyl groups is 1. The Hall–Kier alpha value is -1.81. The molecule has 1 unspecified atom stereocenters. The Morgan fingerprint density at radius 3 is 2.93 bits per heavy atom. The van der Waals surface area contributed by atoms with Gasteiger partial charge in [0.2, 0.25) is 0 Å². The number of furan rings is 1. The van der Waals surface area contributed by atoms with Crippen LogP contribution in [0.5, 0.6) is 0 Å². The molecule has 1 heterocycles. The molecule has 78 valence electrons. The molecule has 0 radical (unpaired) electrons. The first-order valence-corrected chi connectivity index (χ1v) is 4.54. The van der Waals surface area contributed by atoms with Crippen molar-refractivity contribution in [2.45, 2.75) is 12.5 Å². The van der Waals surface area contributed by atoms with E-state index < -0.39 is 12.1 Å². The maximum absolute atomic E-state index is 10.4. The van der Waals surface area contributed by atoms with E-state index in [-0.39, 0.29) is 6.42 Å². The fraction of sp³-hybridized carbons (Fsp3) is 0.182. The van der Waals surface area contributed by atoms with Gasteiger partial charge in [0, 0.05) is 5.39 Å². The van der Waals surface area contributed by atoms with Gasteiger partial charge in [-0.1, -0.05) is 6.07 Å². The van der Waals surface area contributed by atoms with Gasteiger partial charge in [-0.05, 0) is 23.8 Å². The number of carboxylic acids is 1. The van der Waals surface area contributed by atoms with Crippen LogP contribution in [-0.2, 0) is 4.79 Å². The lowest BCUT2D eigenvalue weighted by Gasteiger charge is -2.07. The van der Waals surface area contributed by atoms with E-state index in [1.807, 2.05) is 0 Å². The summed E-state index contributed by atoms with van der Waals surface area (Å²) < 4.78 is 5.14. The van der Waals surface area contributed by atoms with Gasteiger partial charge in [-0.15, -0.1) is 0 Å². The minimum absolute atomic E-state index is 0.288. The highest BCUT2D eigenvalue weighted by molar-refractivity contribution is 5.78. The fourth-order valence-electron chi connectivity index (χ4n) is 1.48. The molecule has 0 aliphatic carbocycles. The summed E-state index contributed by atoms with van der Waals surface area (Å²) in [6.07, 6.45) is 0.295. The number of benzene rings is 1. The van der Waals surface area contributed by atoms with Gasteiger partial charge in [0.05, 0.1) is 18.8 Å². The van der Waals surface area contributed by atoms with Crippen LogP contribution in [0.3, 0.4) is 0 Å². The zero-order chi connectivity index (χ0) is 10.8. The lowest BCUT2D eigenvalue weighted by Crippen LogP contribution is -2.05. The Morgan fingerprint density at radius 2 is 2.20 bits per heavy atom. The topological polar surface area (TPSA) is 70.7 Å². The van der Waals surface area contributed by atoms with Crippen LogP contribution in [0.15, 0.2) is 34.9 Å². The summed E-state index contributed by atoms with van der Waals surface area (Å²) in [6.45, 7) is 0. The first-order chi connectivity index (χ1) is 7.16. The molecular weight excluding hydrogens is 196 g/mol. The Morgan fingerprint density at radius 1 is 1.40 bits per heavy atom. The zero-order valence-electron chi connectivity index (χ0n) is 7.88. The van der Waals surface area contributed by atoms with Crippen molar-refractivity contribution in [3.63, 3.8) is 0 Å². The molecule has 0 bridgehead atoms. The molecule has 1 atom stereocenters. The Kier molecular flexibility index (Phi) is 2.43. The van der Waals surface area contributed by atoms with Crippen molar-refractivity contribution in [3.8, 4) is 0 Å². The highest BCUT2D eigenvalue weighted by atomic mass is 16.4. The van der Waals surface area contributed by atoms with Crippen LogP contribution in [0.4, 0.5) is 0 Å². The van der Waals surface area contributed by atoms with Crippen molar-refractivity contribution < 1.29 is 19.4 Å². The van der Waals surface area contributed by atoms with E-state index in [1.165, 1.54) is 0 Å². The standard InChI is InChI=1S/C11H10O4/c12-9(6-11(13)14)7-1-2-10-8(5-7)3-4-15-10/h1-5,9,12H,6H2,(H,13,14). The minimum Gasteiger partial charge on any atom is -0.481 e. The average molecular weight is 206 g/mol. The van der Waals surface area contributed by atoms with Crippen LogP contribution in [0, 0.1) is 0 Å². The number of aliphatic carboxylic acids is 1. The molecule has 0 saturated heterocycles. The zero-order valence-corrected chi connectivity index (χ0v) is 7.88. The third-order valence-electron chi connectivity index (χ3n) is 2.23. The molecule has 2 aromatic rings. The largest absolute Gasteiger partial charge is 0.481 e. The number of carboxylic acid groups (broad SMARTS) is 1. The minimum atomic E-state index is -1.02. The molecule has 0 aliphatic heterocycles. The number of aliphatic hydroxyl groups excluding tert-OH is 1. The molecule has 0 saturated carbocycles. The molecule has 2 rings (SSSR count). The van der Waals surface area contributed by atoms with E-state index in [2.05, 4.69) is 0 Å². The van der Waals surface area contributed by atoms with Crippen molar-refractivity contribution in [1.82, 2.24) is 0 Å². The molecule has 1 aromatic carbocycles. The van der Waals surface area contributed by atoms with Gasteiger partial charge >= 0.3 is 5.97 Å². The van der Waals surface area contributed by atoms with E-state index in [9.17, 15) is 9.90 Å². The molecule has 4 nitrogen and oxygen atoms in total. The average Bonchev–Trinajstić information content (AvgIpc) is 2.62. The van der Waals surface area contributed by atoms with Crippen LogP contribution >= 0.6 is 0 Å². The smallest absolute Gasteiger partial charge is 0.306 e. The molecule has 0 fully saturated rings. The quantitative estimate of drug-likeness (QED) is 0.805.